The Hall–Kier alpha value is -1.52. The number of anilines is 1. The Kier molecular flexibility index (Phi) is 4.15. The van der Waals surface area contributed by atoms with Gasteiger partial charge in [0.15, 0.2) is 0 Å². The minimum atomic E-state index is -0.0293. The molecule has 1 rings (SSSR count). The fraction of sp³-hybridized carbons (Fsp3) is 0.600. The molecule has 1 aromatic heterocycles. The topological polar surface area (TPSA) is 72.9 Å². The van der Waals surface area contributed by atoms with E-state index in [0.717, 1.165) is 6.42 Å². The van der Waals surface area contributed by atoms with Gasteiger partial charge in [-0.25, -0.2) is 0 Å². The number of carbonyl (C=O) groups is 1. The van der Waals surface area contributed by atoms with Gasteiger partial charge in [0.2, 0.25) is 5.91 Å². The summed E-state index contributed by atoms with van der Waals surface area (Å²) in [5.41, 5.74) is 6.06. The van der Waals surface area contributed by atoms with E-state index < -0.39 is 0 Å². The van der Waals surface area contributed by atoms with Crippen LogP contribution in [0.25, 0.3) is 0 Å². The van der Waals surface area contributed by atoms with Crippen molar-refractivity contribution in [3.63, 3.8) is 0 Å². The van der Waals surface area contributed by atoms with Crippen LogP contribution in [0, 0.1) is 5.92 Å². The molecule has 0 aliphatic carbocycles. The first-order valence-corrected chi connectivity index (χ1v) is 5.16. The van der Waals surface area contributed by atoms with Crippen LogP contribution >= 0.6 is 0 Å². The molecule has 15 heavy (non-hydrogen) atoms. The molecule has 0 fully saturated rings. The van der Waals surface area contributed by atoms with E-state index in [-0.39, 0.29) is 12.5 Å². The molecule has 0 aliphatic rings. The quantitative estimate of drug-likeness (QED) is 0.748. The lowest BCUT2D eigenvalue weighted by molar-refractivity contribution is -0.122. The number of nitrogen functional groups attached to an aromatic ring is 1. The molecule has 1 atom stereocenters. The smallest absolute Gasteiger partial charge is 0.241 e. The van der Waals surface area contributed by atoms with Crippen LogP contribution in [-0.4, -0.2) is 22.2 Å². The Labute approximate surface area is 89.6 Å². The van der Waals surface area contributed by atoms with Gasteiger partial charge in [0.05, 0.1) is 11.9 Å². The summed E-state index contributed by atoms with van der Waals surface area (Å²) in [6.07, 6.45) is 4.24. The fourth-order valence-corrected chi connectivity index (χ4v) is 1.10. The second kappa shape index (κ2) is 5.38. The average molecular weight is 210 g/mol. The zero-order valence-corrected chi connectivity index (χ0v) is 9.23. The van der Waals surface area contributed by atoms with Crippen LogP contribution in [0.5, 0.6) is 0 Å². The summed E-state index contributed by atoms with van der Waals surface area (Å²) in [6.45, 7) is 5.15. The molecule has 1 heterocycles. The molecule has 0 aliphatic heterocycles. The molecule has 1 unspecified atom stereocenters. The van der Waals surface area contributed by atoms with Crippen LogP contribution in [0.4, 0.5) is 5.69 Å². The van der Waals surface area contributed by atoms with Gasteiger partial charge in [0, 0.05) is 12.7 Å². The van der Waals surface area contributed by atoms with E-state index in [2.05, 4.69) is 24.3 Å². The van der Waals surface area contributed by atoms with Crippen LogP contribution < -0.4 is 11.1 Å². The van der Waals surface area contributed by atoms with Crippen molar-refractivity contribution in [3.05, 3.63) is 12.4 Å². The summed E-state index contributed by atoms with van der Waals surface area (Å²) < 4.78 is 1.53. The number of nitrogens with zero attached hydrogens (tertiary/aromatic N) is 2. The highest BCUT2D eigenvalue weighted by Crippen LogP contribution is 1.99. The van der Waals surface area contributed by atoms with Crippen molar-refractivity contribution in [1.29, 1.82) is 0 Å². The highest BCUT2D eigenvalue weighted by atomic mass is 16.2. The average Bonchev–Trinajstić information content (AvgIpc) is 2.60. The lowest BCUT2D eigenvalue weighted by atomic mass is 10.1. The van der Waals surface area contributed by atoms with Crippen molar-refractivity contribution in [3.8, 4) is 0 Å². The molecule has 5 nitrogen and oxygen atoms in total. The molecule has 84 valence electrons. The van der Waals surface area contributed by atoms with E-state index in [9.17, 15) is 4.79 Å². The van der Waals surface area contributed by atoms with E-state index in [4.69, 9.17) is 5.73 Å². The Morgan fingerprint density at radius 1 is 1.73 bits per heavy atom. The summed E-state index contributed by atoms with van der Waals surface area (Å²) >= 11 is 0. The van der Waals surface area contributed by atoms with Crippen LogP contribution in [0.1, 0.15) is 20.3 Å². The number of amides is 1. The number of rotatable bonds is 5. The normalized spacial score (nSPS) is 12.4. The number of nitrogens with two attached hydrogens (primary N) is 1. The van der Waals surface area contributed by atoms with E-state index in [0.29, 0.717) is 18.2 Å². The molecule has 3 N–H and O–H groups in total. The van der Waals surface area contributed by atoms with Crippen LogP contribution in [0.3, 0.4) is 0 Å². The third-order valence-corrected chi connectivity index (χ3v) is 2.30. The first-order valence-electron chi connectivity index (χ1n) is 5.16. The summed E-state index contributed by atoms with van der Waals surface area (Å²) in [5.74, 6) is 0.482. The zero-order valence-electron chi connectivity index (χ0n) is 9.23. The third-order valence-electron chi connectivity index (χ3n) is 2.30. The first-order chi connectivity index (χ1) is 7.11. The molecule has 5 heteroatoms. The van der Waals surface area contributed by atoms with Crippen molar-refractivity contribution in [2.45, 2.75) is 26.8 Å². The minimum Gasteiger partial charge on any atom is -0.396 e. The largest absolute Gasteiger partial charge is 0.396 e. The van der Waals surface area contributed by atoms with Gasteiger partial charge in [-0.05, 0) is 5.92 Å². The van der Waals surface area contributed by atoms with Crippen molar-refractivity contribution in [1.82, 2.24) is 15.1 Å². The molecule has 0 saturated carbocycles. The molecule has 0 radical (unpaired) electrons. The van der Waals surface area contributed by atoms with E-state index in [1.54, 1.807) is 6.20 Å². The summed E-state index contributed by atoms with van der Waals surface area (Å²) in [5, 5.41) is 6.78. The molecule has 0 saturated heterocycles. The highest BCUT2D eigenvalue weighted by Gasteiger charge is 2.05. The van der Waals surface area contributed by atoms with Gasteiger partial charge in [0.25, 0.3) is 0 Å². The van der Waals surface area contributed by atoms with Crippen LogP contribution in [-0.2, 0) is 11.3 Å². The number of hydrogen-bond acceptors (Lipinski definition) is 3. The van der Waals surface area contributed by atoms with Crippen LogP contribution in [0.2, 0.25) is 0 Å². The van der Waals surface area contributed by atoms with Gasteiger partial charge in [-0.15, -0.1) is 0 Å². The fourth-order valence-electron chi connectivity index (χ4n) is 1.10. The minimum absolute atomic E-state index is 0.0293. The van der Waals surface area contributed by atoms with E-state index in [1.807, 2.05) is 0 Å². The standard InChI is InChI=1S/C10H18N4O/c1-3-8(2)4-12-10(15)7-14-6-9(11)5-13-14/h5-6,8H,3-4,7,11H2,1-2H3,(H,12,15). The third kappa shape index (κ3) is 4.01. The number of hydrogen-bond donors (Lipinski definition) is 2. The lowest BCUT2D eigenvalue weighted by Gasteiger charge is -2.09. The van der Waals surface area contributed by atoms with Crippen molar-refractivity contribution in [2.75, 3.05) is 12.3 Å². The number of aromatic nitrogens is 2. The molecular formula is C10H18N4O. The van der Waals surface area contributed by atoms with Gasteiger partial charge in [0.1, 0.15) is 6.54 Å². The zero-order chi connectivity index (χ0) is 11.3. The van der Waals surface area contributed by atoms with E-state index >= 15 is 0 Å². The van der Waals surface area contributed by atoms with Crippen molar-refractivity contribution in [2.24, 2.45) is 5.92 Å². The molecule has 0 bridgehead atoms. The van der Waals surface area contributed by atoms with Crippen LogP contribution in [0.15, 0.2) is 12.4 Å². The first kappa shape index (κ1) is 11.6. The Bertz CT molecular complexity index is 321. The Balaban J connectivity index is 2.30. The molecule has 0 spiro atoms. The molecule has 1 aromatic rings. The van der Waals surface area contributed by atoms with Crippen molar-refractivity contribution < 1.29 is 4.79 Å². The SMILES string of the molecule is CCC(C)CNC(=O)Cn1cc(N)cn1. The Morgan fingerprint density at radius 2 is 2.47 bits per heavy atom. The second-order valence-corrected chi connectivity index (χ2v) is 3.79. The number of nitrogens with one attached hydrogen (secondary N) is 1. The van der Waals surface area contributed by atoms with E-state index in [1.165, 1.54) is 10.9 Å². The number of carbonyl (C=O) groups excluding carboxylic acids is 1. The predicted octanol–water partition coefficient (Wildman–Crippen LogP) is 0.628. The maximum Gasteiger partial charge on any atom is 0.241 e. The predicted molar refractivity (Wildman–Crippen MR) is 59.1 cm³/mol. The summed E-state index contributed by atoms with van der Waals surface area (Å²) in [6, 6.07) is 0. The molecular weight excluding hydrogens is 192 g/mol. The lowest BCUT2D eigenvalue weighted by Crippen LogP contribution is -2.31. The second-order valence-electron chi connectivity index (χ2n) is 3.79. The van der Waals surface area contributed by atoms with Gasteiger partial charge in [-0.2, -0.15) is 5.10 Å². The highest BCUT2D eigenvalue weighted by molar-refractivity contribution is 5.75. The van der Waals surface area contributed by atoms with Crippen molar-refractivity contribution >= 4 is 11.6 Å². The van der Waals surface area contributed by atoms with Gasteiger partial charge in [-0.3, -0.25) is 9.48 Å². The maximum absolute atomic E-state index is 11.4. The summed E-state index contributed by atoms with van der Waals surface area (Å²) in [7, 11) is 0. The van der Waals surface area contributed by atoms with Gasteiger partial charge in [-0.1, -0.05) is 20.3 Å². The monoisotopic (exact) mass is 210 g/mol. The van der Waals surface area contributed by atoms with Gasteiger partial charge >= 0.3 is 0 Å². The summed E-state index contributed by atoms with van der Waals surface area (Å²) in [4.78, 5) is 11.4. The molecule has 1 amide bonds. The maximum atomic E-state index is 11.4. The Morgan fingerprint density at radius 3 is 3.00 bits per heavy atom. The van der Waals surface area contributed by atoms with Gasteiger partial charge < -0.3 is 11.1 Å². The molecule has 0 aromatic carbocycles.